The Balaban J connectivity index is 1.74. The molecule has 6 heteroatoms. The first-order chi connectivity index (χ1) is 11.1. The summed E-state index contributed by atoms with van der Waals surface area (Å²) in [5, 5.41) is 12.5. The second-order valence-corrected chi connectivity index (χ2v) is 6.39. The zero-order valence-electron chi connectivity index (χ0n) is 13.9. The molecule has 0 radical (unpaired) electrons. The maximum atomic E-state index is 12.6. The van der Waals surface area contributed by atoms with E-state index in [1.54, 1.807) is 0 Å². The lowest BCUT2D eigenvalue weighted by Gasteiger charge is -2.38. The van der Waals surface area contributed by atoms with E-state index in [1.165, 1.54) is 11.2 Å². The Morgan fingerprint density at radius 1 is 1.22 bits per heavy atom. The third kappa shape index (κ3) is 3.25. The van der Waals surface area contributed by atoms with Crippen LogP contribution >= 0.6 is 0 Å². The van der Waals surface area contributed by atoms with Gasteiger partial charge in [-0.15, -0.1) is 10.2 Å². The minimum absolute atomic E-state index is 0.0680. The van der Waals surface area contributed by atoms with E-state index in [2.05, 4.69) is 29.3 Å². The Kier molecular flexibility index (Phi) is 4.41. The van der Waals surface area contributed by atoms with Crippen LogP contribution in [0.1, 0.15) is 38.7 Å². The average molecular weight is 313 g/mol. The van der Waals surface area contributed by atoms with Crippen molar-refractivity contribution >= 4 is 5.91 Å². The molecule has 6 nitrogen and oxygen atoms in total. The van der Waals surface area contributed by atoms with Crippen molar-refractivity contribution < 1.29 is 4.79 Å². The van der Waals surface area contributed by atoms with Crippen LogP contribution in [0.2, 0.25) is 0 Å². The molecular weight excluding hydrogens is 290 g/mol. The van der Waals surface area contributed by atoms with Crippen LogP contribution < -0.4 is 0 Å². The summed E-state index contributed by atoms with van der Waals surface area (Å²) >= 11 is 0. The van der Waals surface area contributed by atoms with E-state index in [1.807, 2.05) is 36.1 Å². The Morgan fingerprint density at radius 3 is 2.61 bits per heavy atom. The van der Waals surface area contributed by atoms with Crippen LogP contribution in [-0.2, 0) is 11.3 Å². The van der Waals surface area contributed by atoms with Crippen molar-refractivity contribution in [1.82, 2.24) is 25.1 Å². The lowest BCUT2D eigenvalue weighted by atomic mass is 9.97. The lowest BCUT2D eigenvalue weighted by Crippen LogP contribution is -2.48. The molecule has 0 saturated carbocycles. The number of piperidine rings is 1. The molecule has 23 heavy (non-hydrogen) atoms. The topological polar surface area (TPSA) is 63.9 Å². The average Bonchev–Trinajstić information content (AvgIpc) is 2.95. The number of amides is 1. The van der Waals surface area contributed by atoms with Crippen LogP contribution in [-0.4, -0.2) is 43.1 Å². The Hall–Kier alpha value is -2.24. The monoisotopic (exact) mass is 313 g/mol. The van der Waals surface area contributed by atoms with Gasteiger partial charge in [0.2, 0.25) is 11.7 Å². The third-order valence-electron chi connectivity index (χ3n) is 4.60. The molecule has 2 heterocycles. The Morgan fingerprint density at radius 2 is 1.91 bits per heavy atom. The molecule has 0 aliphatic carbocycles. The molecule has 0 bridgehead atoms. The molecule has 2 aromatic rings. The van der Waals surface area contributed by atoms with Crippen LogP contribution in [0.4, 0.5) is 0 Å². The molecule has 1 amide bonds. The molecule has 1 aliphatic heterocycles. The molecule has 2 atom stereocenters. The predicted octanol–water partition coefficient (Wildman–Crippen LogP) is 2.44. The fourth-order valence-corrected chi connectivity index (χ4v) is 3.36. The van der Waals surface area contributed by atoms with Gasteiger partial charge < -0.3 is 4.90 Å². The van der Waals surface area contributed by atoms with Gasteiger partial charge in [-0.05, 0) is 50.8 Å². The van der Waals surface area contributed by atoms with Crippen LogP contribution in [0.25, 0.3) is 11.4 Å². The zero-order valence-corrected chi connectivity index (χ0v) is 13.9. The van der Waals surface area contributed by atoms with Gasteiger partial charge in [0.25, 0.3) is 0 Å². The number of likely N-dealkylation sites (tertiary alicyclic amines) is 1. The van der Waals surface area contributed by atoms with Crippen LogP contribution in [0.5, 0.6) is 0 Å². The first-order valence-corrected chi connectivity index (χ1v) is 8.21. The highest BCUT2D eigenvalue weighted by Gasteiger charge is 2.29. The summed E-state index contributed by atoms with van der Waals surface area (Å²) in [5.41, 5.74) is 2.04. The summed E-state index contributed by atoms with van der Waals surface area (Å²) < 4.78 is 0. The van der Waals surface area contributed by atoms with Crippen molar-refractivity contribution in [2.24, 2.45) is 0 Å². The standard InChI is InChI=1S/C17H23N5O/c1-12-7-4-5-10-15(12)17-18-20-21(19-17)11-16(23)22-13(2)8-6-9-14(22)3/h4-5,7,10,13-14H,6,8-9,11H2,1-3H3/t13-,14+. The van der Waals surface area contributed by atoms with Gasteiger partial charge in [-0.2, -0.15) is 4.80 Å². The van der Waals surface area contributed by atoms with E-state index >= 15 is 0 Å². The molecule has 1 fully saturated rings. The smallest absolute Gasteiger partial charge is 0.246 e. The molecule has 1 aromatic heterocycles. The SMILES string of the molecule is Cc1ccccc1-c1nnn(CC(=O)N2[C@H](C)CCC[C@@H]2C)n1. The van der Waals surface area contributed by atoms with Gasteiger partial charge in [0.15, 0.2) is 0 Å². The Labute approximate surface area is 136 Å². The molecule has 1 aromatic carbocycles. The number of rotatable bonds is 3. The first-order valence-electron chi connectivity index (χ1n) is 8.21. The van der Waals surface area contributed by atoms with Crippen LogP contribution in [0.3, 0.4) is 0 Å². The quantitative estimate of drug-likeness (QED) is 0.873. The summed E-state index contributed by atoms with van der Waals surface area (Å²) in [5.74, 6) is 0.633. The molecule has 1 saturated heterocycles. The molecule has 1 aliphatic rings. The minimum Gasteiger partial charge on any atom is -0.336 e. The van der Waals surface area contributed by atoms with E-state index in [0.717, 1.165) is 24.0 Å². The number of carbonyl (C=O) groups is 1. The van der Waals surface area contributed by atoms with E-state index in [-0.39, 0.29) is 24.5 Å². The van der Waals surface area contributed by atoms with Crippen LogP contribution in [0, 0.1) is 6.92 Å². The number of nitrogens with zero attached hydrogens (tertiary/aromatic N) is 5. The van der Waals surface area contributed by atoms with E-state index < -0.39 is 0 Å². The van der Waals surface area contributed by atoms with Gasteiger partial charge in [0.1, 0.15) is 6.54 Å². The number of aromatic nitrogens is 4. The summed E-state index contributed by atoms with van der Waals surface area (Å²) in [4.78, 5) is 16.0. The fraction of sp³-hybridized carbons (Fsp3) is 0.529. The highest BCUT2D eigenvalue weighted by molar-refractivity contribution is 5.76. The summed E-state index contributed by atoms with van der Waals surface area (Å²) in [6, 6.07) is 8.47. The predicted molar refractivity (Wildman–Crippen MR) is 87.6 cm³/mol. The Bertz CT molecular complexity index is 686. The largest absolute Gasteiger partial charge is 0.336 e. The van der Waals surface area contributed by atoms with Crippen molar-refractivity contribution in [3.8, 4) is 11.4 Å². The van der Waals surface area contributed by atoms with Crippen molar-refractivity contribution in [3.63, 3.8) is 0 Å². The molecular formula is C17H23N5O. The molecule has 0 N–H and O–H groups in total. The number of benzene rings is 1. The lowest BCUT2D eigenvalue weighted by molar-refractivity contribution is -0.138. The second kappa shape index (κ2) is 6.48. The zero-order chi connectivity index (χ0) is 16.4. The maximum Gasteiger partial charge on any atom is 0.246 e. The van der Waals surface area contributed by atoms with Gasteiger partial charge in [0.05, 0.1) is 0 Å². The first kappa shape index (κ1) is 15.6. The summed E-state index contributed by atoms with van der Waals surface area (Å²) in [7, 11) is 0. The van der Waals surface area contributed by atoms with Gasteiger partial charge in [-0.1, -0.05) is 24.3 Å². The normalized spacial score (nSPS) is 21.4. The maximum absolute atomic E-state index is 12.6. The molecule has 0 spiro atoms. The minimum atomic E-state index is 0.0680. The van der Waals surface area contributed by atoms with Gasteiger partial charge in [-0.3, -0.25) is 4.79 Å². The van der Waals surface area contributed by atoms with Crippen molar-refractivity contribution in [2.45, 2.75) is 58.7 Å². The highest BCUT2D eigenvalue weighted by Crippen LogP contribution is 2.23. The van der Waals surface area contributed by atoms with Gasteiger partial charge >= 0.3 is 0 Å². The van der Waals surface area contributed by atoms with Crippen molar-refractivity contribution in [2.75, 3.05) is 0 Å². The molecule has 0 unspecified atom stereocenters. The number of carbonyl (C=O) groups excluding carboxylic acids is 1. The highest BCUT2D eigenvalue weighted by atomic mass is 16.2. The van der Waals surface area contributed by atoms with Crippen molar-refractivity contribution in [1.29, 1.82) is 0 Å². The molecule has 3 rings (SSSR count). The summed E-state index contributed by atoms with van der Waals surface area (Å²) in [6.07, 6.45) is 3.32. The summed E-state index contributed by atoms with van der Waals surface area (Å²) in [6.45, 7) is 6.38. The number of hydrogen-bond donors (Lipinski definition) is 0. The molecule has 122 valence electrons. The number of hydrogen-bond acceptors (Lipinski definition) is 4. The van der Waals surface area contributed by atoms with Gasteiger partial charge in [0, 0.05) is 17.6 Å². The number of tetrazole rings is 1. The number of aryl methyl sites for hydroxylation is 1. The fourth-order valence-electron chi connectivity index (χ4n) is 3.36. The van der Waals surface area contributed by atoms with E-state index in [9.17, 15) is 4.79 Å². The third-order valence-corrected chi connectivity index (χ3v) is 4.60. The van der Waals surface area contributed by atoms with Gasteiger partial charge in [-0.25, -0.2) is 0 Å². The van der Waals surface area contributed by atoms with E-state index in [0.29, 0.717) is 5.82 Å². The second-order valence-electron chi connectivity index (χ2n) is 6.39. The van der Waals surface area contributed by atoms with Crippen molar-refractivity contribution in [3.05, 3.63) is 29.8 Å². The van der Waals surface area contributed by atoms with Crippen LogP contribution in [0.15, 0.2) is 24.3 Å². The van der Waals surface area contributed by atoms with E-state index in [4.69, 9.17) is 0 Å².